The fraction of sp³-hybridized carbons (Fsp3) is 0. The Balaban J connectivity index is 1.27. The van der Waals surface area contributed by atoms with Crippen LogP contribution < -0.4 is 0 Å². The van der Waals surface area contributed by atoms with Crippen LogP contribution in [-0.2, 0) is 0 Å². The highest BCUT2D eigenvalue weighted by Crippen LogP contribution is 2.38. The normalized spacial score (nSPS) is 11.8. The molecule has 0 aliphatic heterocycles. The summed E-state index contributed by atoms with van der Waals surface area (Å²) < 4.78 is 8.47. The zero-order valence-electron chi connectivity index (χ0n) is 25.6. The van der Waals surface area contributed by atoms with Crippen LogP contribution >= 0.6 is 0 Å². The first-order valence-electron chi connectivity index (χ1n) is 15.9. The standard InChI is InChI=1S/C42H25N5O/c1-2-12-27-25-28(22-21-26(27)11-1)39-44-40(46-41(45-39)33-23-24-43-42-38(33)32-16-6-10-20-37(32)48-42)31-15-5-9-19-36(31)47-34-17-7-3-13-29(34)30-14-4-8-18-35(30)47/h1-25H. The number of nitrogens with zero attached hydrogens (tertiary/aromatic N) is 5. The second-order valence-electron chi connectivity index (χ2n) is 11.9. The quantitative estimate of drug-likeness (QED) is 0.197. The van der Waals surface area contributed by atoms with Gasteiger partial charge in [0.1, 0.15) is 5.58 Å². The van der Waals surface area contributed by atoms with Gasteiger partial charge in [-0.3, -0.25) is 0 Å². The molecule has 0 aliphatic carbocycles. The van der Waals surface area contributed by atoms with Gasteiger partial charge in [-0.1, -0.05) is 103 Å². The minimum Gasteiger partial charge on any atom is -0.438 e. The summed E-state index contributed by atoms with van der Waals surface area (Å²) in [5.41, 5.74) is 7.20. The van der Waals surface area contributed by atoms with E-state index in [2.05, 4.69) is 125 Å². The summed E-state index contributed by atoms with van der Waals surface area (Å²) >= 11 is 0. The molecule has 0 unspecified atom stereocenters. The third-order valence-corrected chi connectivity index (χ3v) is 9.13. The van der Waals surface area contributed by atoms with Crippen molar-refractivity contribution in [3.63, 3.8) is 0 Å². The highest BCUT2D eigenvalue weighted by molar-refractivity contribution is 6.11. The van der Waals surface area contributed by atoms with Crippen LogP contribution in [0.2, 0.25) is 0 Å². The van der Waals surface area contributed by atoms with Crippen LogP contribution in [0.1, 0.15) is 0 Å². The molecule has 0 fully saturated rings. The van der Waals surface area contributed by atoms with Gasteiger partial charge in [0.25, 0.3) is 0 Å². The Morgan fingerprint density at radius 2 is 1.10 bits per heavy atom. The fourth-order valence-corrected chi connectivity index (χ4v) is 6.95. The third kappa shape index (κ3) is 4.06. The maximum atomic E-state index is 6.16. The van der Waals surface area contributed by atoms with E-state index >= 15 is 0 Å². The van der Waals surface area contributed by atoms with E-state index in [9.17, 15) is 0 Å². The zero-order chi connectivity index (χ0) is 31.6. The number of fused-ring (bicyclic) bond motifs is 7. The van der Waals surface area contributed by atoms with Gasteiger partial charge in [-0.05, 0) is 53.2 Å². The average Bonchev–Trinajstić information content (AvgIpc) is 3.70. The maximum absolute atomic E-state index is 6.16. The molecule has 0 N–H and O–H groups in total. The summed E-state index contributed by atoms with van der Waals surface area (Å²) in [6, 6.07) is 50.0. The van der Waals surface area contributed by atoms with Gasteiger partial charge in [-0.2, -0.15) is 0 Å². The molecule has 6 aromatic carbocycles. The van der Waals surface area contributed by atoms with E-state index in [-0.39, 0.29) is 0 Å². The number of para-hydroxylation sites is 4. The minimum absolute atomic E-state index is 0.550. The Hall–Kier alpha value is -6.66. The van der Waals surface area contributed by atoms with Crippen LogP contribution in [0.3, 0.4) is 0 Å². The van der Waals surface area contributed by atoms with Gasteiger partial charge >= 0.3 is 0 Å². The van der Waals surface area contributed by atoms with Gasteiger partial charge in [0, 0.05) is 39.0 Å². The topological polar surface area (TPSA) is 69.6 Å². The van der Waals surface area contributed by atoms with E-state index in [4.69, 9.17) is 19.4 Å². The van der Waals surface area contributed by atoms with Gasteiger partial charge in [0.15, 0.2) is 17.5 Å². The molecule has 4 aromatic heterocycles. The summed E-state index contributed by atoms with van der Waals surface area (Å²) in [7, 11) is 0. The van der Waals surface area contributed by atoms with Crippen molar-refractivity contribution >= 4 is 54.6 Å². The number of hydrogen-bond acceptors (Lipinski definition) is 5. The van der Waals surface area contributed by atoms with Crippen LogP contribution in [0.5, 0.6) is 0 Å². The van der Waals surface area contributed by atoms with Crippen LogP contribution in [-0.4, -0.2) is 24.5 Å². The summed E-state index contributed by atoms with van der Waals surface area (Å²) in [6.07, 6.45) is 1.76. The Bertz CT molecular complexity index is 2810. The summed E-state index contributed by atoms with van der Waals surface area (Å²) in [5, 5.41) is 6.52. The van der Waals surface area contributed by atoms with E-state index < -0.39 is 0 Å². The zero-order valence-corrected chi connectivity index (χ0v) is 25.6. The van der Waals surface area contributed by atoms with E-state index in [1.54, 1.807) is 6.20 Å². The Morgan fingerprint density at radius 1 is 0.479 bits per heavy atom. The molecule has 48 heavy (non-hydrogen) atoms. The molecule has 6 nitrogen and oxygen atoms in total. The Kier molecular flexibility index (Phi) is 5.77. The molecule has 4 heterocycles. The van der Waals surface area contributed by atoms with Gasteiger partial charge < -0.3 is 8.98 Å². The van der Waals surface area contributed by atoms with Crippen molar-refractivity contribution in [3.05, 3.63) is 152 Å². The molecule has 0 amide bonds. The van der Waals surface area contributed by atoms with Crippen LogP contribution in [0.25, 0.3) is 94.5 Å². The van der Waals surface area contributed by atoms with Crippen molar-refractivity contribution in [1.29, 1.82) is 0 Å². The molecular weight excluding hydrogens is 590 g/mol. The first-order chi connectivity index (χ1) is 23.8. The van der Waals surface area contributed by atoms with Crippen molar-refractivity contribution < 1.29 is 4.42 Å². The maximum Gasteiger partial charge on any atom is 0.228 e. The molecule has 10 rings (SSSR count). The van der Waals surface area contributed by atoms with Gasteiger partial charge in [0.2, 0.25) is 5.71 Å². The molecule has 6 heteroatoms. The van der Waals surface area contributed by atoms with E-state index in [1.807, 2.05) is 30.3 Å². The molecule has 0 saturated heterocycles. The van der Waals surface area contributed by atoms with Gasteiger partial charge in [0.05, 0.1) is 22.1 Å². The lowest BCUT2D eigenvalue weighted by Gasteiger charge is -2.14. The Labute approximate surface area is 274 Å². The summed E-state index contributed by atoms with van der Waals surface area (Å²) in [6.45, 7) is 0. The van der Waals surface area contributed by atoms with Crippen molar-refractivity contribution in [2.75, 3.05) is 0 Å². The summed E-state index contributed by atoms with van der Waals surface area (Å²) in [5.74, 6) is 1.73. The number of aromatic nitrogens is 5. The second kappa shape index (κ2) is 10.4. The number of benzene rings is 6. The smallest absolute Gasteiger partial charge is 0.228 e. The van der Waals surface area contributed by atoms with Crippen molar-refractivity contribution in [1.82, 2.24) is 24.5 Å². The molecule has 0 spiro atoms. The monoisotopic (exact) mass is 615 g/mol. The van der Waals surface area contributed by atoms with Crippen molar-refractivity contribution in [3.8, 4) is 39.9 Å². The first-order valence-corrected chi connectivity index (χ1v) is 15.9. The molecule has 0 aliphatic rings. The first kappa shape index (κ1) is 26.5. The second-order valence-corrected chi connectivity index (χ2v) is 11.9. The van der Waals surface area contributed by atoms with E-state index in [0.29, 0.717) is 23.2 Å². The number of hydrogen-bond donors (Lipinski definition) is 0. The van der Waals surface area contributed by atoms with Crippen molar-refractivity contribution in [2.45, 2.75) is 0 Å². The van der Waals surface area contributed by atoms with Crippen LogP contribution in [0.15, 0.2) is 156 Å². The van der Waals surface area contributed by atoms with Gasteiger partial charge in [-0.15, -0.1) is 0 Å². The average molecular weight is 616 g/mol. The molecule has 224 valence electrons. The summed E-state index contributed by atoms with van der Waals surface area (Å²) in [4.78, 5) is 20.1. The van der Waals surface area contributed by atoms with Gasteiger partial charge in [-0.25, -0.2) is 19.9 Å². The molecule has 0 saturated carbocycles. The number of furan rings is 1. The Morgan fingerprint density at radius 3 is 1.92 bits per heavy atom. The lowest BCUT2D eigenvalue weighted by Crippen LogP contribution is -2.03. The fourth-order valence-electron chi connectivity index (χ4n) is 6.95. The lowest BCUT2D eigenvalue weighted by molar-refractivity contribution is 0.654. The SMILES string of the molecule is c1ccc(-n2c3ccccc3c3ccccc32)c(-c2nc(-c3ccc4ccccc4c3)nc(-c3ccnc4oc5ccccc5c34)n2)c1. The van der Waals surface area contributed by atoms with Crippen LogP contribution in [0.4, 0.5) is 0 Å². The molecule has 0 bridgehead atoms. The molecular formula is C42H25N5O. The largest absolute Gasteiger partial charge is 0.438 e. The highest BCUT2D eigenvalue weighted by Gasteiger charge is 2.21. The van der Waals surface area contributed by atoms with Crippen LogP contribution in [0, 0.1) is 0 Å². The predicted octanol–water partition coefficient (Wildman–Crippen LogP) is 10.4. The molecule has 0 radical (unpaired) electrons. The highest BCUT2D eigenvalue weighted by atomic mass is 16.3. The predicted molar refractivity (Wildman–Crippen MR) is 193 cm³/mol. The third-order valence-electron chi connectivity index (χ3n) is 9.13. The number of pyridine rings is 1. The minimum atomic E-state index is 0.550. The molecule has 0 atom stereocenters. The number of rotatable bonds is 4. The van der Waals surface area contributed by atoms with E-state index in [0.717, 1.165) is 60.5 Å². The van der Waals surface area contributed by atoms with Crippen molar-refractivity contribution in [2.24, 2.45) is 0 Å². The molecule has 10 aromatic rings. The lowest BCUT2D eigenvalue weighted by atomic mass is 10.1. The van der Waals surface area contributed by atoms with E-state index in [1.165, 1.54) is 10.8 Å².